The lowest BCUT2D eigenvalue weighted by atomic mass is 10.2. The van der Waals surface area contributed by atoms with Crippen molar-refractivity contribution in [3.8, 4) is 11.5 Å². The number of hydrogen-bond acceptors (Lipinski definition) is 6. The Morgan fingerprint density at radius 2 is 1.96 bits per heavy atom. The fourth-order valence-corrected chi connectivity index (χ4v) is 2.31. The summed E-state index contributed by atoms with van der Waals surface area (Å²) in [5.74, 6) is 0.235. The molecule has 1 aliphatic rings. The number of anilines is 1. The summed E-state index contributed by atoms with van der Waals surface area (Å²) in [5, 5.41) is 3.00. The molecule has 8 heteroatoms. The number of nitrogen functional groups attached to an aromatic ring is 1. The van der Waals surface area contributed by atoms with Gasteiger partial charge in [-0.05, 0) is 35.9 Å². The van der Waals surface area contributed by atoms with Gasteiger partial charge < -0.3 is 25.3 Å². The van der Waals surface area contributed by atoms with E-state index in [0.717, 1.165) is 5.56 Å². The van der Waals surface area contributed by atoms with Gasteiger partial charge in [-0.2, -0.15) is 0 Å². The second kappa shape index (κ2) is 7.31. The van der Waals surface area contributed by atoms with E-state index < -0.39 is 18.5 Å². The highest BCUT2D eigenvalue weighted by atomic mass is 35.5. The maximum atomic E-state index is 11.9. The zero-order valence-corrected chi connectivity index (χ0v) is 13.8. The lowest BCUT2D eigenvalue weighted by molar-refractivity contribution is -0.124. The number of halogens is 1. The third kappa shape index (κ3) is 4.13. The number of ether oxygens (including phenoxy) is 3. The lowest BCUT2D eigenvalue weighted by Crippen LogP contribution is -2.28. The first-order chi connectivity index (χ1) is 12.0. The Morgan fingerprint density at radius 1 is 1.16 bits per heavy atom. The Balaban J connectivity index is 1.47. The van der Waals surface area contributed by atoms with Gasteiger partial charge in [0.1, 0.15) is 0 Å². The standard InChI is InChI=1S/C17H15ClN2O5/c18-12-3-2-11(6-13(12)19)17(22)23-8-16(21)20-7-10-1-4-14-15(5-10)25-9-24-14/h1-6H,7-9,19H2,(H,20,21). The van der Waals surface area contributed by atoms with Crippen LogP contribution in [0.15, 0.2) is 36.4 Å². The number of esters is 1. The molecule has 0 atom stereocenters. The Labute approximate surface area is 148 Å². The van der Waals surface area contributed by atoms with Crippen LogP contribution in [0.4, 0.5) is 5.69 Å². The van der Waals surface area contributed by atoms with E-state index in [-0.39, 0.29) is 24.6 Å². The number of carbonyl (C=O) groups is 2. The molecule has 0 bridgehead atoms. The van der Waals surface area contributed by atoms with Crippen LogP contribution in [-0.2, 0) is 16.1 Å². The SMILES string of the molecule is Nc1cc(C(=O)OCC(=O)NCc2ccc3c(c2)OCO3)ccc1Cl. The van der Waals surface area contributed by atoms with Crippen LogP contribution in [0.5, 0.6) is 11.5 Å². The molecule has 0 spiro atoms. The molecule has 1 heterocycles. The summed E-state index contributed by atoms with van der Waals surface area (Å²) in [6, 6.07) is 9.74. The van der Waals surface area contributed by atoms with Gasteiger partial charge >= 0.3 is 5.97 Å². The molecule has 1 amide bonds. The zero-order valence-electron chi connectivity index (χ0n) is 13.1. The van der Waals surface area contributed by atoms with Crippen molar-refractivity contribution in [3.63, 3.8) is 0 Å². The minimum Gasteiger partial charge on any atom is -0.454 e. The minimum atomic E-state index is -0.651. The number of benzene rings is 2. The Morgan fingerprint density at radius 3 is 2.76 bits per heavy atom. The number of hydrogen-bond donors (Lipinski definition) is 2. The van der Waals surface area contributed by atoms with Gasteiger partial charge in [0, 0.05) is 6.54 Å². The average Bonchev–Trinajstić information content (AvgIpc) is 3.08. The van der Waals surface area contributed by atoms with Crippen molar-refractivity contribution in [2.45, 2.75) is 6.54 Å². The van der Waals surface area contributed by atoms with Gasteiger partial charge in [0.2, 0.25) is 6.79 Å². The van der Waals surface area contributed by atoms with E-state index in [1.54, 1.807) is 12.1 Å². The molecule has 0 saturated heterocycles. The van der Waals surface area contributed by atoms with Gasteiger partial charge in [-0.1, -0.05) is 17.7 Å². The van der Waals surface area contributed by atoms with E-state index in [4.69, 9.17) is 31.5 Å². The topological polar surface area (TPSA) is 99.9 Å². The van der Waals surface area contributed by atoms with E-state index in [9.17, 15) is 9.59 Å². The maximum absolute atomic E-state index is 11.9. The Bertz CT molecular complexity index is 825. The van der Waals surface area contributed by atoms with Crippen LogP contribution < -0.4 is 20.5 Å². The molecule has 1 aliphatic heterocycles. The van der Waals surface area contributed by atoms with Gasteiger partial charge in [0.05, 0.1) is 16.3 Å². The molecule has 3 N–H and O–H groups in total. The highest BCUT2D eigenvalue weighted by Gasteiger charge is 2.14. The summed E-state index contributed by atoms with van der Waals surface area (Å²) in [4.78, 5) is 23.7. The van der Waals surface area contributed by atoms with E-state index in [2.05, 4.69) is 5.32 Å². The van der Waals surface area contributed by atoms with Crippen LogP contribution in [0.1, 0.15) is 15.9 Å². The lowest BCUT2D eigenvalue weighted by Gasteiger charge is -2.08. The van der Waals surface area contributed by atoms with E-state index >= 15 is 0 Å². The highest BCUT2D eigenvalue weighted by molar-refractivity contribution is 6.33. The summed E-state index contributed by atoms with van der Waals surface area (Å²) in [7, 11) is 0. The molecular weight excluding hydrogens is 348 g/mol. The summed E-state index contributed by atoms with van der Waals surface area (Å²) in [6.07, 6.45) is 0. The molecule has 0 unspecified atom stereocenters. The predicted molar refractivity (Wildman–Crippen MR) is 90.6 cm³/mol. The minimum absolute atomic E-state index is 0.191. The van der Waals surface area contributed by atoms with Crippen molar-refractivity contribution in [1.82, 2.24) is 5.32 Å². The van der Waals surface area contributed by atoms with Crippen LogP contribution >= 0.6 is 11.6 Å². The average molecular weight is 363 g/mol. The van der Waals surface area contributed by atoms with Crippen molar-refractivity contribution in [2.75, 3.05) is 19.1 Å². The number of amides is 1. The van der Waals surface area contributed by atoms with E-state index in [1.165, 1.54) is 18.2 Å². The second-order valence-electron chi connectivity index (χ2n) is 5.28. The van der Waals surface area contributed by atoms with Gasteiger partial charge in [0.15, 0.2) is 18.1 Å². The molecule has 0 aromatic heterocycles. The normalized spacial score (nSPS) is 11.9. The number of nitrogens with one attached hydrogen (secondary N) is 1. The number of nitrogens with two attached hydrogens (primary N) is 1. The fourth-order valence-electron chi connectivity index (χ4n) is 2.19. The number of fused-ring (bicyclic) bond motifs is 1. The maximum Gasteiger partial charge on any atom is 0.338 e. The van der Waals surface area contributed by atoms with Gasteiger partial charge in [-0.25, -0.2) is 4.79 Å². The third-order valence-electron chi connectivity index (χ3n) is 3.49. The summed E-state index contributed by atoms with van der Waals surface area (Å²) >= 11 is 5.79. The first-order valence-electron chi connectivity index (χ1n) is 7.40. The predicted octanol–water partition coefficient (Wildman–Crippen LogP) is 2.12. The second-order valence-corrected chi connectivity index (χ2v) is 5.68. The molecule has 0 saturated carbocycles. The van der Waals surface area contributed by atoms with E-state index in [0.29, 0.717) is 16.5 Å². The molecule has 0 aliphatic carbocycles. The molecule has 2 aromatic rings. The van der Waals surface area contributed by atoms with Crippen molar-refractivity contribution in [3.05, 3.63) is 52.5 Å². The van der Waals surface area contributed by atoms with Crippen LogP contribution in [0.25, 0.3) is 0 Å². The molecule has 7 nitrogen and oxygen atoms in total. The smallest absolute Gasteiger partial charge is 0.338 e. The monoisotopic (exact) mass is 362 g/mol. The fraction of sp³-hybridized carbons (Fsp3) is 0.176. The number of rotatable bonds is 5. The first kappa shape index (κ1) is 16.9. The molecule has 2 aromatic carbocycles. The largest absolute Gasteiger partial charge is 0.454 e. The summed E-state index contributed by atoms with van der Waals surface area (Å²) < 4.78 is 15.4. The quantitative estimate of drug-likeness (QED) is 0.624. The van der Waals surface area contributed by atoms with Crippen molar-refractivity contribution >= 4 is 29.2 Å². The zero-order chi connectivity index (χ0) is 17.8. The summed E-state index contributed by atoms with van der Waals surface area (Å²) in [6.45, 7) is 0.0726. The Kier molecular flexibility index (Phi) is 4.95. The van der Waals surface area contributed by atoms with Crippen LogP contribution in [0, 0.1) is 0 Å². The van der Waals surface area contributed by atoms with E-state index in [1.807, 2.05) is 6.07 Å². The van der Waals surface area contributed by atoms with Crippen LogP contribution in [0.2, 0.25) is 5.02 Å². The molecule has 3 rings (SSSR count). The summed E-state index contributed by atoms with van der Waals surface area (Å²) in [5.41, 5.74) is 6.96. The third-order valence-corrected chi connectivity index (χ3v) is 3.84. The first-order valence-corrected chi connectivity index (χ1v) is 7.78. The van der Waals surface area contributed by atoms with Gasteiger partial charge in [-0.15, -0.1) is 0 Å². The molecule has 0 radical (unpaired) electrons. The number of carbonyl (C=O) groups excluding carboxylic acids is 2. The Hall–Kier alpha value is -2.93. The van der Waals surface area contributed by atoms with Crippen molar-refractivity contribution in [1.29, 1.82) is 0 Å². The highest BCUT2D eigenvalue weighted by Crippen LogP contribution is 2.32. The van der Waals surface area contributed by atoms with Crippen molar-refractivity contribution in [2.24, 2.45) is 0 Å². The molecule has 0 fully saturated rings. The molecule has 25 heavy (non-hydrogen) atoms. The van der Waals surface area contributed by atoms with Gasteiger partial charge in [-0.3, -0.25) is 4.79 Å². The molecule has 130 valence electrons. The van der Waals surface area contributed by atoms with Crippen LogP contribution in [-0.4, -0.2) is 25.3 Å². The van der Waals surface area contributed by atoms with Crippen LogP contribution in [0.3, 0.4) is 0 Å². The van der Waals surface area contributed by atoms with Gasteiger partial charge in [0.25, 0.3) is 5.91 Å². The van der Waals surface area contributed by atoms with Crippen molar-refractivity contribution < 1.29 is 23.8 Å². The molecular formula is C17H15ClN2O5.